The van der Waals surface area contributed by atoms with Crippen molar-refractivity contribution < 1.29 is 19.8 Å². The maximum absolute atomic E-state index is 11.4. The molecule has 0 radical (unpaired) electrons. The maximum Gasteiger partial charge on any atom is 0.326 e. The zero-order chi connectivity index (χ0) is 12.0. The van der Waals surface area contributed by atoms with E-state index in [9.17, 15) is 9.59 Å². The van der Waals surface area contributed by atoms with Gasteiger partial charge in [-0.15, -0.1) is 0 Å². The second kappa shape index (κ2) is 6.36. The first-order chi connectivity index (χ1) is 6.90. The summed E-state index contributed by atoms with van der Waals surface area (Å²) < 4.78 is 0. The number of amides is 1. The number of aliphatic hydroxyl groups excluding tert-OH is 1. The van der Waals surface area contributed by atoms with Gasteiger partial charge in [-0.25, -0.2) is 4.79 Å². The van der Waals surface area contributed by atoms with Gasteiger partial charge in [-0.05, 0) is 6.92 Å². The molecule has 0 spiro atoms. The Morgan fingerprint density at radius 2 is 1.93 bits per heavy atom. The fourth-order valence-electron chi connectivity index (χ4n) is 0.928. The van der Waals surface area contributed by atoms with Crippen molar-refractivity contribution in [1.29, 1.82) is 0 Å². The quantitative estimate of drug-likeness (QED) is 0.453. The minimum atomic E-state index is -1.16. The van der Waals surface area contributed by atoms with E-state index >= 15 is 0 Å². The Labute approximate surface area is 88.5 Å². The molecular formula is C9H18N2O4. The molecule has 2 unspecified atom stereocenters. The van der Waals surface area contributed by atoms with Gasteiger partial charge in [0, 0.05) is 25.0 Å². The van der Waals surface area contributed by atoms with E-state index in [0.29, 0.717) is 0 Å². The molecule has 0 saturated carbocycles. The zero-order valence-electron chi connectivity index (χ0n) is 8.93. The predicted octanol–water partition coefficient (Wildman–Crippen LogP) is -1.08. The molecule has 6 heteroatoms. The van der Waals surface area contributed by atoms with Gasteiger partial charge in [-0.3, -0.25) is 4.79 Å². The number of hydrogen-bond donors (Lipinski definition) is 4. The molecule has 0 fully saturated rings. The van der Waals surface area contributed by atoms with Gasteiger partial charge >= 0.3 is 5.97 Å². The second-order valence-electron chi connectivity index (χ2n) is 3.56. The molecule has 0 aliphatic rings. The van der Waals surface area contributed by atoms with Gasteiger partial charge in [0.15, 0.2) is 0 Å². The fourth-order valence-corrected chi connectivity index (χ4v) is 0.928. The first-order valence-electron chi connectivity index (χ1n) is 4.79. The Morgan fingerprint density at radius 3 is 2.27 bits per heavy atom. The third-order valence-electron chi connectivity index (χ3n) is 2.23. The number of carbonyl (C=O) groups is 2. The van der Waals surface area contributed by atoms with E-state index in [0.717, 1.165) is 0 Å². The summed E-state index contributed by atoms with van der Waals surface area (Å²) in [5.74, 6) is -2.02. The highest BCUT2D eigenvalue weighted by Gasteiger charge is 2.23. The van der Waals surface area contributed by atoms with Crippen molar-refractivity contribution >= 4 is 11.9 Å². The Kier molecular flexibility index (Phi) is 5.88. The molecule has 0 heterocycles. The van der Waals surface area contributed by atoms with Crippen LogP contribution in [0.5, 0.6) is 0 Å². The Bertz CT molecular complexity index is 230. The zero-order valence-corrected chi connectivity index (χ0v) is 8.93. The minimum Gasteiger partial charge on any atom is -0.480 e. The molecule has 0 aromatic rings. The molecule has 6 nitrogen and oxygen atoms in total. The summed E-state index contributed by atoms with van der Waals surface area (Å²) in [5.41, 5.74) is 5.50. The van der Waals surface area contributed by atoms with Gasteiger partial charge < -0.3 is 21.3 Å². The van der Waals surface area contributed by atoms with Crippen molar-refractivity contribution in [2.45, 2.75) is 32.4 Å². The van der Waals surface area contributed by atoms with Crippen LogP contribution in [-0.4, -0.2) is 40.8 Å². The molecule has 3 atom stereocenters. The summed E-state index contributed by atoms with van der Waals surface area (Å²) in [4.78, 5) is 22.1. The number of carboxylic acids is 1. The first kappa shape index (κ1) is 13.9. The normalized spacial score (nSPS) is 16.5. The summed E-state index contributed by atoms with van der Waals surface area (Å²) in [7, 11) is 0. The average molecular weight is 218 g/mol. The molecule has 1 amide bonds. The lowest BCUT2D eigenvalue weighted by Gasteiger charge is -2.19. The van der Waals surface area contributed by atoms with Crippen LogP contribution >= 0.6 is 0 Å². The van der Waals surface area contributed by atoms with Crippen LogP contribution in [0.25, 0.3) is 0 Å². The number of aliphatic carboxylic acids is 1. The van der Waals surface area contributed by atoms with Crippen molar-refractivity contribution in [2.24, 2.45) is 11.7 Å². The summed E-state index contributed by atoms with van der Waals surface area (Å²) >= 11 is 0. The standard InChI is InChI=1S/C9H18N2O4/c1-5(6(2)10)8(13)11-7(3-4-12)9(14)15/h5-7,12H,3-4,10H2,1-2H3,(H,11,13)(H,14,15)/t5?,6?,7-/m0/s1. The lowest BCUT2D eigenvalue weighted by Crippen LogP contribution is -2.46. The largest absolute Gasteiger partial charge is 0.480 e. The highest BCUT2D eigenvalue weighted by molar-refractivity contribution is 5.85. The van der Waals surface area contributed by atoms with Gasteiger partial charge in [-0.2, -0.15) is 0 Å². The van der Waals surface area contributed by atoms with Crippen LogP contribution in [0.3, 0.4) is 0 Å². The molecular weight excluding hydrogens is 200 g/mol. The van der Waals surface area contributed by atoms with Crippen molar-refractivity contribution in [3.05, 3.63) is 0 Å². The van der Waals surface area contributed by atoms with Crippen molar-refractivity contribution in [3.8, 4) is 0 Å². The van der Waals surface area contributed by atoms with E-state index in [-0.39, 0.29) is 19.1 Å². The molecule has 0 saturated heterocycles. The van der Waals surface area contributed by atoms with Crippen molar-refractivity contribution in [3.63, 3.8) is 0 Å². The number of aliphatic hydroxyl groups is 1. The van der Waals surface area contributed by atoms with Crippen LogP contribution in [-0.2, 0) is 9.59 Å². The summed E-state index contributed by atoms with van der Waals surface area (Å²) in [5, 5.41) is 19.6. The number of nitrogens with two attached hydrogens (primary N) is 1. The highest BCUT2D eigenvalue weighted by Crippen LogP contribution is 2.01. The van der Waals surface area contributed by atoms with Gasteiger partial charge in [-0.1, -0.05) is 6.92 Å². The first-order valence-corrected chi connectivity index (χ1v) is 4.79. The van der Waals surface area contributed by atoms with Crippen LogP contribution in [0, 0.1) is 5.92 Å². The van der Waals surface area contributed by atoms with Gasteiger partial charge in [0.1, 0.15) is 6.04 Å². The minimum absolute atomic E-state index is 0.00720. The van der Waals surface area contributed by atoms with E-state index in [1.54, 1.807) is 13.8 Å². The van der Waals surface area contributed by atoms with Crippen molar-refractivity contribution in [1.82, 2.24) is 5.32 Å². The van der Waals surface area contributed by atoms with Crippen LogP contribution < -0.4 is 11.1 Å². The highest BCUT2D eigenvalue weighted by atomic mass is 16.4. The molecule has 0 rings (SSSR count). The lowest BCUT2D eigenvalue weighted by atomic mass is 10.0. The summed E-state index contributed by atoms with van der Waals surface area (Å²) in [6.45, 7) is 3.01. The SMILES string of the molecule is CC(N)C(C)C(=O)N[C@@H](CCO)C(=O)O. The lowest BCUT2D eigenvalue weighted by molar-refractivity contribution is -0.142. The number of nitrogens with one attached hydrogen (secondary N) is 1. The summed E-state index contributed by atoms with van der Waals surface area (Å²) in [6, 6.07) is -1.39. The molecule has 15 heavy (non-hydrogen) atoms. The Balaban J connectivity index is 4.28. The van der Waals surface area contributed by atoms with Crippen LogP contribution in [0.15, 0.2) is 0 Å². The van der Waals surface area contributed by atoms with E-state index in [1.807, 2.05) is 0 Å². The van der Waals surface area contributed by atoms with Crippen LogP contribution in [0.4, 0.5) is 0 Å². The van der Waals surface area contributed by atoms with Crippen molar-refractivity contribution in [2.75, 3.05) is 6.61 Å². The number of carboxylic acid groups (broad SMARTS) is 1. The third-order valence-corrected chi connectivity index (χ3v) is 2.23. The van der Waals surface area contributed by atoms with E-state index in [4.69, 9.17) is 15.9 Å². The van der Waals surface area contributed by atoms with Gasteiger partial charge in [0.2, 0.25) is 5.91 Å². The van der Waals surface area contributed by atoms with E-state index < -0.39 is 23.8 Å². The maximum atomic E-state index is 11.4. The molecule has 0 bridgehead atoms. The smallest absolute Gasteiger partial charge is 0.326 e. The predicted molar refractivity (Wildman–Crippen MR) is 54.1 cm³/mol. The molecule has 0 aromatic heterocycles. The Morgan fingerprint density at radius 1 is 1.40 bits per heavy atom. The van der Waals surface area contributed by atoms with E-state index in [1.165, 1.54) is 0 Å². The second-order valence-corrected chi connectivity index (χ2v) is 3.56. The number of carbonyl (C=O) groups excluding carboxylic acids is 1. The number of hydrogen-bond acceptors (Lipinski definition) is 4. The Hall–Kier alpha value is -1.14. The number of rotatable bonds is 6. The van der Waals surface area contributed by atoms with Crippen LogP contribution in [0.1, 0.15) is 20.3 Å². The van der Waals surface area contributed by atoms with Crippen LogP contribution in [0.2, 0.25) is 0 Å². The molecule has 88 valence electrons. The molecule has 0 aliphatic heterocycles. The molecule has 0 aromatic carbocycles. The summed E-state index contributed by atoms with van der Waals surface area (Å²) in [6.07, 6.45) is -0.00720. The fraction of sp³-hybridized carbons (Fsp3) is 0.778. The monoisotopic (exact) mass is 218 g/mol. The van der Waals surface area contributed by atoms with E-state index in [2.05, 4.69) is 5.32 Å². The van der Waals surface area contributed by atoms with Gasteiger partial charge in [0.05, 0.1) is 0 Å². The molecule has 5 N–H and O–H groups in total. The third kappa shape index (κ3) is 4.75. The topological polar surface area (TPSA) is 113 Å². The molecule has 0 aliphatic carbocycles. The van der Waals surface area contributed by atoms with Gasteiger partial charge in [0.25, 0.3) is 0 Å². The average Bonchev–Trinajstić information content (AvgIpc) is 2.15.